The zero-order valence-corrected chi connectivity index (χ0v) is 26.3. The number of carbonyl (C=O) groups excluding carboxylic acids is 3. The van der Waals surface area contributed by atoms with Gasteiger partial charge in [-0.1, -0.05) is 52.1 Å². The number of allylic oxidation sites excluding steroid dienone is 1. The fourth-order valence-electron chi connectivity index (χ4n) is 4.66. The van der Waals surface area contributed by atoms with E-state index in [4.69, 9.17) is 9.16 Å². The molecule has 5 atom stereocenters. The highest BCUT2D eigenvalue weighted by Gasteiger charge is 2.58. The zero-order valence-electron chi connectivity index (χ0n) is 23.7. The summed E-state index contributed by atoms with van der Waals surface area (Å²) in [5.74, 6) is -0.136. The molecule has 3 heterocycles. The molecule has 2 saturated heterocycles. The zero-order chi connectivity index (χ0) is 27.9. The van der Waals surface area contributed by atoms with Gasteiger partial charge in [-0.3, -0.25) is 14.5 Å². The van der Waals surface area contributed by atoms with Crippen molar-refractivity contribution in [1.82, 2.24) is 14.7 Å². The van der Waals surface area contributed by atoms with Crippen LogP contribution in [0.4, 0.5) is 4.79 Å². The second-order valence-corrected chi connectivity index (χ2v) is 19.1. The van der Waals surface area contributed by atoms with Crippen LogP contribution in [-0.2, 0) is 18.8 Å². The average Bonchev–Trinajstić information content (AvgIpc) is 3.34. The molecular weight excluding hydrogens is 527 g/mol. The van der Waals surface area contributed by atoms with E-state index in [2.05, 4.69) is 47.4 Å². The minimum absolute atomic E-state index is 0.0281. The highest BCUT2D eigenvalue weighted by Crippen LogP contribution is 2.56. The molecule has 0 aromatic carbocycles. The molecule has 0 N–H and O–H groups in total. The number of rotatable bonds is 9. The van der Waals surface area contributed by atoms with Crippen LogP contribution in [0.1, 0.15) is 47.5 Å². The normalized spacial score (nSPS) is 26.7. The average molecular weight is 570 g/mol. The van der Waals surface area contributed by atoms with E-state index in [0.717, 1.165) is 16.4 Å². The Morgan fingerprint density at radius 2 is 1.97 bits per heavy atom. The second kappa shape index (κ2) is 11.4. The summed E-state index contributed by atoms with van der Waals surface area (Å²) in [6.07, 6.45) is 2.26. The first kappa shape index (κ1) is 30.1. The van der Waals surface area contributed by atoms with Crippen LogP contribution in [0.25, 0.3) is 0 Å². The third kappa shape index (κ3) is 5.94. The highest BCUT2D eigenvalue weighted by atomic mass is 32.2. The van der Waals surface area contributed by atoms with Crippen molar-refractivity contribution in [2.45, 2.75) is 88.4 Å². The van der Waals surface area contributed by atoms with Gasteiger partial charge in [-0.05, 0) is 37.9 Å². The first-order chi connectivity index (χ1) is 17.1. The molecule has 0 aromatic heterocycles. The van der Waals surface area contributed by atoms with E-state index in [-0.39, 0.29) is 46.1 Å². The van der Waals surface area contributed by atoms with Gasteiger partial charge in [0.1, 0.15) is 18.0 Å². The fraction of sp³-hybridized carbons (Fsp3) is 0.731. The Morgan fingerprint density at radius 3 is 2.51 bits per heavy atom. The van der Waals surface area contributed by atoms with Crippen LogP contribution in [0.2, 0.25) is 18.1 Å². The Balaban J connectivity index is 1.71. The first-order valence-electron chi connectivity index (χ1n) is 12.9. The molecule has 208 valence electrons. The van der Waals surface area contributed by atoms with Crippen LogP contribution in [0.5, 0.6) is 0 Å². The second-order valence-electron chi connectivity index (χ2n) is 11.7. The Kier molecular flexibility index (Phi) is 9.24. The minimum atomic E-state index is -2.02. The summed E-state index contributed by atoms with van der Waals surface area (Å²) in [6.45, 7) is 19.3. The van der Waals surface area contributed by atoms with Crippen molar-refractivity contribution in [3.63, 3.8) is 0 Å². The molecule has 37 heavy (non-hydrogen) atoms. The number of carbonyl (C=O) groups is 3. The molecule has 3 aliphatic rings. The van der Waals surface area contributed by atoms with Crippen LogP contribution < -0.4 is 0 Å². The Morgan fingerprint density at radius 1 is 1.32 bits per heavy atom. The van der Waals surface area contributed by atoms with Crippen molar-refractivity contribution < 1.29 is 23.5 Å². The summed E-state index contributed by atoms with van der Waals surface area (Å²) in [6, 6.07) is -0.564. The SMILES string of the molecule is C=CCOC(=O)N1C[C@@H](SC2=C(C)N3C(=O)[C@@H]([C@H](CC)O[Si](C)(C)C(C)(C)C)[C@H]3S2)CC1C(=O)N(C)C. The third-order valence-electron chi connectivity index (χ3n) is 7.85. The van der Waals surface area contributed by atoms with Gasteiger partial charge in [-0.15, -0.1) is 11.8 Å². The summed E-state index contributed by atoms with van der Waals surface area (Å²) in [7, 11) is 1.38. The number of hydrogen-bond acceptors (Lipinski definition) is 7. The van der Waals surface area contributed by atoms with Gasteiger partial charge in [0.25, 0.3) is 0 Å². The van der Waals surface area contributed by atoms with Crippen LogP contribution in [0.15, 0.2) is 22.6 Å². The molecule has 11 heteroatoms. The van der Waals surface area contributed by atoms with Gasteiger partial charge in [-0.2, -0.15) is 0 Å². The highest BCUT2D eigenvalue weighted by molar-refractivity contribution is 8.23. The molecule has 0 aromatic rings. The van der Waals surface area contributed by atoms with Gasteiger partial charge in [0.15, 0.2) is 8.32 Å². The molecule has 0 saturated carbocycles. The molecule has 1 unspecified atom stereocenters. The van der Waals surface area contributed by atoms with Gasteiger partial charge >= 0.3 is 6.09 Å². The summed E-state index contributed by atoms with van der Waals surface area (Å²) >= 11 is 3.39. The van der Waals surface area contributed by atoms with E-state index < -0.39 is 20.5 Å². The smallest absolute Gasteiger partial charge is 0.410 e. The minimum Gasteiger partial charge on any atom is -0.445 e. The van der Waals surface area contributed by atoms with E-state index >= 15 is 0 Å². The van der Waals surface area contributed by atoms with Crippen LogP contribution >= 0.6 is 23.5 Å². The van der Waals surface area contributed by atoms with Crippen molar-refractivity contribution in [3.8, 4) is 0 Å². The molecule has 0 radical (unpaired) electrons. The summed E-state index contributed by atoms with van der Waals surface area (Å²) in [4.78, 5) is 43.8. The molecule has 8 nitrogen and oxygen atoms in total. The summed E-state index contributed by atoms with van der Waals surface area (Å²) in [5.41, 5.74) is 0.964. The van der Waals surface area contributed by atoms with Crippen molar-refractivity contribution >= 4 is 49.7 Å². The lowest BCUT2D eigenvalue weighted by molar-refractivity contribution is -0.152. The quantitative estimate of drug-likeness (QED) is 0.217. The molecule has 3 aliphatic heterocycles. The lowest BCUT2D eigenvalue weighted by atomic mass is 9.90. The van der Waals surface area contributed by atoms with Crippen LogP contribution in [0, 0.1) is 5.92 Å². The van der Waals surface area contributed by atoms with E-state index in [1.165, 1.54) is 15.9 Å². The van der Waals surface area contributed by atoms with Crippen molar-refractivity contribution in [3.05, 3.63) is 22.6 Å². The fourth-order valence-corrected chi connectivity index (χ4v) is 9.39. The first-order valence-corrected chi connectivity index (χ1v) is 17.6. The molecule has 3 amide bonds. The Hall–Kier alpha value is -1.43. The number of fused-ring (bicyclic) bond motifs is 1. The molecule has 0 aliphatic carbocycles. The van der Waals surface area contributed by atoms with Gasteiger partial charge in [0.2, 0.25) is 11.8 Å². The van der Waals surface area contributed by atoms with Crippen molar-refractivity contribution in [2.24, 2.45) is 5.92 Å². The van der Waals surface area contributed by atoms with Gasteiger partial charge in [-0.25, -0.2) is 4.79 Å². The van der Waals surface area contributed by atoms with E-state index in [1.54, 1.807) is 37.6 Å². The van der Waals surface area contributed by atoms with Gasteiger partial charge in [0.05, 0.1) is 16.3 Å². The maximum Gasteiger partial charge on any atom is 0.410 e. The summed E-state index contributed by atoms with van der Waals surface area (Å²) in [5, 5.41) is 0.145. The van der Waals surface area contributed by atoms with Gasteiger partial charge < -0.3 is 19.0 Å². The van der Waals surface area contributed by atoms with E-state index in [0.29, 0.717) is 13.0 Å². The topological polar surface area (TPSA) is 79.4 Å². The number of likely N-dealkylation sites (N-methyl/N-ethyl adjacent to an activating group) is 1. The van der Waals surface area contributed by atoms with Crippen LogP contribution in [0.3, 0.4) is 0 Å². The van der Waals surface area contributed by atoms with E-state index in [1.807, 2.05) is 11.8 Å². The molecule has 0 spiro atoms. The van der Waals surface area contributed by atoms with Gasteiger partial charge in [0, 0.05) is 31.6 Å². The monoisotopic (exact) mass is 569 g/mol. The summed E-state index contributed by atoms with van der Waals surface area (Å²) < 4.78 is 13.1. The molecular formula is C26H43N3O5S2Si. The number of hydrogen-bond donors (Lipinski definition) is 0. The Bertz CT molecular complexity index is 964. The predicted octanol–water partition coefficient (Wildman–Crippen LogP) is 5.09. The maximum atomic E-state index is 13.3. The number of thioether (sulfide) groups is 2. The molecule has 0 bridgehead atoms. The molecule has 3 rings (SSSR count). The Labute approximate surface area is 231 Å². The number of amides is 3. The van der Waals surface area contributed by atoms with E-state index in [9.17, 15) is 14.4 Å². The standard InChI is InChI=1S/C26H43N3O5S2Si/c1-11-13-33-25(32)28-15-17(14-18(28)21(30)27(7)8)35-24-16(3)29-22(31)20(23(29)36-24)19(12-2)34-37(9,10)26(4,5)6/h11,17-20,23H,1,12-15H2,2-10H3/t17-,18?,19-,20+,23+/m0/s1. The lowest BCUT2D eigenvalue weighted by Gasteiger charge is -2.49. The van der Waals surface area contributed by atoms with Crippen LogP contribution in [-0.4, -0.2) is 90.9 Å². The largest absolute Gasteiger partial charge is 0.445 e. The van der Waals surface area contributed by atoms with Crippen molar-refractivity contribution in [2.75, 3.05) is 27.2 Å². The number of ether oxygens (including phenoxy) is 1. The molecule has 2 fully saturated rings. The van der Waals surface area contributed by atoms with Crippen molar-refractivity contribution in [1.29, 1.82) is 0 Å². The lowest BCUT2D eigenvalue weighted by Crippen LogP contribution is -2.62. The maximum absolute atomic E-state index is 13.3. The number of nitrogens with zero attached hydrogens (tertiary/aromatic N) is 3. The number of likely N-dealkylation sites (tertiary alicyclic amines) is 1. The predicted molar refractivity (Wildman–Crippen MR) is 154 cm³/mol. The number of β-lactam (4-membered cyclic amide) rings is 1. The third-order valence-corrected chi connectivity index (χ3v) is 15.4.